The lowest BCUT2D eigenvalue weighted by Crippen LogP contribution is -2.14. The summed E-state index contributed by atoms with van der Waals surface area (Å²) in [5.41, 5.74) is -0.335. The topological polar surface area (TPSA) is 17.1 Å². The van der Waals surface area contributed by atoms with Crippen molar-refractivity contribution < 1.29 is 18.0 Å². The number of aryl methyl sites for hydroxylation is 1. The molecule has 4 heteroatoms. The third-order valence-corrected chi connectivity index (χ3v) is 2.34. The monoisotopic (exact) mass is 230 g/mol. The Hall–Kier alpha value is -1.32. The van der Waals surface area contributed by atoms with Crippen LogP contribution in [-0.2, 0) is 23.8 Å². The Bertz CT molecular complexity index is 394. The van der Waals surface area contributed by atoms with Crippen LogP contribution in [0.2, 0.25) is 0 Å². The minimum atomic E-state index is -4.39. The molecule has 0 saturated carbocycles. The van der Waals surface area contributed by atoms with Crippen LogP contribution in [0.15, 0.2) is 18.2 Å². The van der Waals surface area contributed by atoms with E-state index in [9.17, 15) is 18.0 Å². The molecular formula is C12H13F3O. The maximum Gasteiger partial charge on any atom is 0.416 e. The summed E-state index contributed by atoms with van der Waals surface area (Å²) < 4.78 is 38.5. The fraction of sp³-hybridized carbons (Fsp3) is 0.417. The largest absolute Gasteiger partial charge is 0.416 e. The van der Waals surface area contributed by atoms with Crippen LogP contribution in [0.25, 0.3) is 0 Å². The molecule has 1 aromatic carbocycles. The van der Waals surface area contributed by atoms with Gasteiger partial charge in [-0.1, -0.05) is 25.1 Å². The summed E-state index contributed by atoms with van der Waals surface area (Å²) in [5, 5.41) is 0. The molecule has 0 amide bonds. The third-order valence-electron chi connectivity index (χ3n) is 2.34. The van der Waals surface area contributed by atoms with Crippen LogP contribution in [0, 0.1) is 0 Å². The second kappa shape index (κ2) is 4.68. The van der Waals surface area contributed by atoms with E-state index in [2.05, 4.69) is 0 Å². The lowest BCUT2D eigenvalue weighted by molar-refractivity contribution is -0.138. The molecule has 0 aliphatic carbocycles. The smallest absolute Gasteiger partial charge is 0.300 e. The Morgan fingerprint density at radius 3 is 2.25 bits per heavy atom. The summed E-state index contributed by atoms with van der Waals surface area (Å²) in [5.74, 6) is -0.265. The molecule has 0 radical (unpaired) electrons. The molecule has 16 heavy (non-hydrogen) atoms. The van der Waals surface area contributed by atoms with Crippen LogP contribution in [0.3, 0.4) is 0 Å². The van der Waals surface area contributed by atoms with Gasteiger partial charge in [-0.2, -0.15) is 13.2 Å². The number of hydrogen-bond donors (Lipinski definition) is 0. The van der Waals surface area contributed by atoms with Crippen molar-refractivity contribution in [1.29, 1.82) is 0 Å². The number of alkyl halides is 3. The Balaban J connectivity index is 3.32. The summed E-state index contributed by atoms with van der Waals surface area (Å²) in [7, 11) is 0. The Morgan fingerprint density at radius 1 is 1.25 bits per heavy atom. The number of carbonyl (C=O) groups excluding carboxylic acids is 1. The van der Waals surface area contributed by atoms with Gasteiger partial charge in [-0.3, -0.25) is 4.79 Å². The van der Waals surface area contributed by atoms with Gasteiger partial charge in [0.25, 0.3) is 0 Å². The first-order chi connectivity index (χ1) is 7.36. The molecule has 0 aliphatic heterocycles. The van der Waals surface area contributed by atoms with Crippen LogP contribution < -0.4 is 0 Å². The van der Waals surface area contributed by atoms with E-state index in [0.717, 1.165) is 0 Å². The van der Waals surface area contributed by atoms with Gasteiger partial charge in [-0.15, -0.1) is 0 Å². The van der Waals surface area contributed by atoms with Gasteiger partial charge in [0.15, 0.2) is 0 Å². The lowest BCUT2D eigenvalue weighted by Gasteiger charge is -2.15. The minimum absolute atomic E-state index is 0.0688. The van der Waals surface area contributed by atoms with Crippen molar-refractivity contribution in [2.75, 3.05) is 0 Å². The van der Waals surface area contributed by atoms with Crippen molar-refractivity contribution in [2.45, 2.75) is 32.9 Å². The molecule has 0 aromatic heterocycles. The summed E-state index contributed by atoms with van der Waals surface area (Å²) in [4.78, 5) is 10.9. The zero-order chi connectivity index (χ0) is 12.3. The molecule has 1 aromatic rings. The number of carbonyl (C=O) groups is 1. The predicted octanol–water partition coefficient (Wildman–Crippen LogP) is 3.40. The first kappa shape index (κ1) is 12.7. The van der Waals surface area contributed by atoms with Crippen molar-refractivity contribution in [3.05, 3.63) is 34.9 Å². The van der Waals surface area contributed by atoms with E-state index in [4.69, 9.17) is 0 Å². The average molecular weight is 230 g/mol. The molecule has 1 rings (SSSR count). The average Bonchev–Trinajstić information content (AvgIpc) is 2.14. The van der Waals surface area contributed by atoms with Gasteiger partial charge < -0.3 is 0 Å². The van der Waals surface area contributed by atoms with Gasteiger partial charge in [0.05, 0.1) is 5.56 Å². The number of Topliss-reactive ketones (excluding diaryl/α,β-unsaturated/α-hetero) is 1. The quantitative estimate of drug-likeness (QED) is 0.777. The minimum Gasteiger partial charge on any atom is -0.300 e. The fourth-order valence-corrected chi connectivity index (χ4v) is 1.73. The van der Waals surface area contributed by atoms with E-state index in [-0.39, 0.29) is 23.3 Å². The molecule has 88 valence electrons. The highest BCUT2D eigenvalue weighted by molar-refractivity contribution is 5.78. The standard InChI is InChI=1S/C12H13F3O/c1-3-9-5-4-6-10(7-8(2)16)11(9)12(13,14)15/h4-6H,3,7H2,1-2H3. The van der Waals surface area contributed by atoms with Crippen LogP contribution in [0.1, 0.15) is 30.5 Å². The normalized spacial score (nSPS) is 11.6. The Kier molecular flexibility index (Phi) is 3.73. The van der Waals surface area contributed by atoms with E-state index in [0.29, 0.717) is 6.42 Å². The third kappa shape index (κ3) is 2.84. The molecule has 0 fully saturated rings. The lowest BCUT2D eigenvalue weighted by atomic mass is 9.96. The second-order valence-corrected chi connectivity index (χ2v) is 3.68. The molecule has 0 heterocycles. The SMILES string of the molecule is CCc1cccc(CC(C)=O)c1C(F)(F)F. The number of ketones is 1. The van der Waals surface area contributed by atoms with Gasteiger partial charge in [-0.25, -0.2) is 0 Å². The second-order valence-electron chi connectivity index (χ2n) is 3.68. The zero-order valence-corrected chi connectivity index (χ0v) is 9.19. The number of benzene rings is 1. The Morgan fingerprint density at radius 2 is 1.81 bits per heavy atom. The number of rotatable bonds is 3. The van der Waals surface area contributed by atoms with Crippen molar-refractivity contribution in [1.82, 2.24) is 0 Å². The number of halogens is 3. The summed E-state index contributed by atoms with van der Waals surface area (Å²) in [6.45, 7) is 2.96. The highest BCUT2D eigenvalue weighted by atomic mass is 19.4. The predicted molar refractivity (Wildman–Crippen MR) is 55.2 cm³/mol. The molecule has 0 N–H and O–H groups in total. The van der Waals surface area contributed by atoms with E-state index in [1.54, 1.807) is 13.0 Å². The van der Waals surface area contributed by atoms with E-state index >= 15 is 0 Å². The first-order valence-electron chi connectivity index (χ1n) is 5.03. The van der Waals surface area contributed by atoms with Gasteiger partial charge in [0, 0.05) is 6.42 Å². The summed E-state index contributed by atoms with van der Waals surface area (Å²) in [6.07, 6.45) is -4.25. The fourth-order valence-electron chi connectivity index (χ4n) is 1.73. The zero-order valence-electron chi connectivity index (χ0n) is 9.19. The van der Waals surface area contributed by atoms with Crippen molar-refractivity contribution in [3.63, 3.8) is 0 Å². The molecule has 1 nitrogen and oxygen atoms in total. The van der Waals surface area contributed by atoms with Crippen LogP contribution in [0.4, 0.5) is 13.2 Å². The van der Waals surface area contributed by atoms with Crippen molar-refractivity contribution in [2.24, 2.45) is 0 Å². The maximum absolute atomic E-state index is 12.8. The van der Waals surface area contributed by atoms with E-state index in [1.165, 1.54) is 19.1 Å². The molecule has 0 saturated heterocycles. The maximum atomic E-state index is 12.8. The molecule has 0 spiro atoms. The number of hydrogen-bond acceptors (Lipinski definition) is 1. The van der Waals surface area contributed by atoms with Gasteiger partial charge in [-0.05, 0) is 24.5 Å². The van der Waals surface area contributed by atoms with Crippen LogP contribution in [-0.4, -0.2) is 5.78 Å². The highest BCUT2D eigenvalue weighted by Gasteiger charge is 2.35. The van der Waals surface area contributed by atoms with Crippen LogP contribution >= 0.6 is 0 Å². The molecule has 0 unspecified atom stereocenters. The molecule has 0 atom stereocenters. The van der Waals surface area contributed by atoms with Crippen molar-refractivity contribution >= 4 is 5.78 Å². The van der Waals surface area contributed by atoms with Crippen molar-refractivity contribution in [3.8, 4) is 0 Å². The van der Waals surface area contributed by atoms with Crippen LogP contribution in [0.5, 0.6) is 0 Å². The molecular weight excluding hydrogens is 217 g/mol. The molecule has 0 bridgehead atoms. The summed E-state index contributed by atoms with van der Waals surface area (Å²) in [6, 6.07) is 4.38. The first-order valence-corrected chi connectivity index (χ1v) is 5.03. The highest BCUT2D eigenvalue weighted by Crippen LogP contribution is 2.35. The summed E-state index contributed by atoms with van der Waals surface area (Å²) >= 11 is 0. The van der Waals surface area contributed by atoms with E-state index in [1.807, 2.05) is 0 Å². The Labute approximate surface area is 92.3 Å². The van der Waals surface area contributed by atoms with E-state index < -0.39 is 11.7 Å². The van der Waals surface area contributed by atoms with Gasteiger partial charge in [0.2, 0.25) is 0 Å². The van der Waals surface area contributed by atoms with Gasteiger partial charge >= 0.3 is 6.18 Å². The molecule has 0 aliphatic rings. The van der Waals surface area contributed by atoms with Gasteiger partial charge in [0.1, 0.15) is 5.78 Å².